The zero-order chi connectivity index (χ0) is 62.8. The molecule has 0 bridgehead atoms. The van der Waals surface area contributed by atoms with E-state index in [0.29, 0.717) is 25.9 Å². The Morgan fingerprint density at radius 2 is 0.471 bits per heavy atom. The highest BCUT2D eigenvalue weighted by Gasteiger charge is 2.20. The van der Waals surface area contributed by atoms with E-state index in [1.54, 1.807) is 0 Å². The van der Waals surface area contributed by atoms with Crippen molar-refractivity contribution in [3.8, 4) is 0 Å². The summed E-state index contributed by atoms with van der Waals surface area (Å²) in [5.41, 5.74) is 0. The fourth-order valence-corrected chi connectivity index (χ4v) is 13.5. The van der Waals surface area contributed by atoms with Crippen molar-refractivity contribution in [1.82, 2.24) is 5.32 Å². The average Bonchev–Trinajstić information content (AvgIpc) is 3.54. The number of carbonyl (C=O) groups excluding carboxylic acids is 2. The molecule has 0 spiro atoms. The van der Waals surface area contributed by atoms with Gasteiger partial charge in [-0.25, -0.2) is 0 Å². The number of esters is 1. The Bertz CT molecular complexity index is 1280. The van der Waals surface area contributed by atoms with E-state index in [2.05, 4.69) is 19.2 Å². The molecule has 0 rings (SSSR count). The van der Waals surface area contributed by atoms with E-state index < -0.39 is 12.1 Å². The van der Waals surface area contributed by atoms with E-state index in [1.807, 2.05) is 0 Å². The second-order valence-corrected chi connectivity index (χ2v) is 28.5. The molecule has 6 nitrogen and oxygen atoms in total. The smallest absolute Gasteiger partial charge is 0.305 e. The quantitative estimate of drug-likeness (QED) is 0.0417. The second-order valence-electron chi connectivity index (χ2n) is 28.5. The lowest BCUT2D eigenvalue weighted by Gasteiger charge is -2.22. The summed E-state index contributed by atoms with van der Waals surface area (Å²) in [5.74, 6) is 0.00421. The summed E-state index contributed by atoms with van der Waals surface area (Å²) in [6.45, 7) is 5.02. The largest absolute Gasteiger partial charge is 0.466 e. The Kier molecular flexibility index (Phi) is 76.3. The Morgan fingerprint density at radius 1 is 0.276 bits per heavy atom. The van der Waals surface area contributed by atoms with Crippen molar-refractivity contribution < 1.29 is 24.5 Å². The molecule has 2 atom stereocenters. The normalized spacial score (nSPS) is 12.4. The summed E-state index contributed by atoms with van der Waals surface area (Å²) in [5, 5.41) is 23.4. The fraction of sp³-hybridized carbons (Fsp3) is 0.975. The van der Waals surface area contributed by atoms with Crippen LogP contribution in [0, 0.1) is 0 Å². The van der Waals surface area contributed by atoms with Gasteiger partial charge < -0.3 is 20.3 Å². The summed E-state index contributed by atoms with van der Waals surface area (Å²) in [6.07, 6.45) is 96.4. The number of rotatable bonds is 78. The van der Waals surface area contributed by atoms with Gasteiger partial charge in [-0.1, -0.05) is 444 Å². The summed E-state index contributed by atoms with van der Waals surface area (Å²) in [6, 6.07) is -0.536. The molecule has 0 aliphatic heterocycles. The molecule has 0 heterocycles. The van der Waals surface area contributed by atoms with Crippen LogP contribution in [0.1, 0.15) is 483 Å². The number of ether oxygens (including phenoxy) is 1. The SMILES string of the molecule is CCCCCCCCCCCCCCCCCCCC(O)C(CO)NC(=O)CCCCCCCCCCCCCCCCCCCCCCCCCCCCCCCCCCCCCCCOC(=O)CCCCCCCCCCCCCCCCCC. The van der Waals surface area contributed by atoms with Crippen molar-refractivity contribution >= 4 is 11.9 Å². The number of carbonyl (C=O) groups is 2. The van der Waals surface area contributed by atoms with Gasteiger partial charge in [-0.05, 0) is 25.7 Å². The molecule has 3 N–H and O–H groups in total. The van der Waals surface area contributed by atoms with E-state index in [0.717, 1.165) is 38.5 Å². The molecule has 0 aromatic carbocycles. The van der Waals surface area contributed by atoms with Gasteiger partial charge in [-0.3, -0.25) is 9.59 Å². The summed E-state index contributed by atoms with van der Waals surface area (Å²) >= 11 is 0. The molecular weight excluding hydrogens is 1070 g/mol. The van der Waals surface area contributed by atoms with Crippen LogP contribution in [0.15, 0.2) is 0 Å². The summed E-state index contributed by atoms with van der Waals surface area (Å²) in [4.78, 5) is 24.6. The number of aliphatic hydroxyl groups excluding tert-OH is 2. The van der Waals surface area contributed by atoms with Crippen LogP contribution < -0.4 is 5.32 Å². The molecule has 0 radical (unpaired) electrons. The van der Waals surface area contributed by atoms with Gasteiger partial charge in [-0.15, -0.1) is 0 Å². The molecule has 0 aromatic heterocycles. The Labute approximate surface area is 547 Å². The van der Waals surface area contributed by atoms with E-state index in [1.165, 1.54) is 411 Å². The van der Waals surface area contributed by atoms with E-state index in [-0.39, 0.29) is 18.5 Å². The van der Waals surface area contributed by atoms with Crippen molar-refractivity contribution in [2.75, 3.05) is 13.2 Å². The maximum absolute atomic E-state index is 12.5. The van der Waals surface area contributed by atoms with Crippen LogP contribution >= 0.6 is 0 Å². The van der Waals surface area contributed by atoms with Crippen LogP contribution in [0.3, 0.4) is 0 Å². The van der Waals surface area contributed by atoms with Crippen LogP contribution in [0.25, 0.3) is 0 Å². The van der Waals surface area contributed by atoms with Gasteiger partial charge in [0.05, 0.1) is 25.4 Å². The third-order valence-electron chi connectivity index (χ3n) is 19.7. The standard InChI is InChI=1S/C81H161NO5/c1-3-5-7-9-11-13-15-17-19-42-45-49-53-57-61-65-69-73-79(84)78(77-83)82-80(85)74-70-66-62-58-54-50-46-43-40-38-36-34-32-30-28-26-24-22-21-23-25-27-29-31-33-35-37-39-41-44-48-52-56-60-64-68-72-76-87-81(86)75-71-67-63-59-55-51-47-20-18-16-14-12-10-8-6-4-2/h78-79,83-84H,3-77H2,1-2H3,(H,82,85). The third-order valence-corrected chi connectivity index (χ3v) is 19.7. The van der Waals surface area contributed by atoms with Crippen molar-refractivity contribution in [3.05, 3.63) is 0 Å². The molecule has 0 aliphatic rings. The van der Waals surface area contributed by atoms with Crippen LogP contribution in [-0.2, 0) is 14.3 Å². The van der Waals surface area contributed by atoms with Crippen molar-refractivity contribution in [3.63, 3.8) is 0 Å². The molecule has 520 valence electrons. The monoisotopic (exact) mass is 1230 g/mol. The maximum Gasteiger partial charge on any atom is 0.305 e. The number of unbranched alkanes of at least 4 members (excludes halogenated alkanes) is 67. The van der Waals surface area contributed by atoms with Gasteiger partial charge >= 0.3 is 5.97 Å². The molecule has 87 heavy (non-hydrogen) atoms. The molecular formula is C81H161NO5. The summed E-state index contributed by atoms with van der Waals surface area (Å²) in [7, 11) is 0. The van der Waals surface area contributed by atoms with Crippen molar-refractivity contribution in [2.45, 2.75) is 495 Å². The lowest BCUT2D eigenvalue weighted by atomic mass is 10.0. The number of hydrogen-bond donors (Lipinski definition) is 3. The topological polar surface area (TPSA) is 95.9 Å². The second kappa shape index (κ2) is 77.3. The van der Waals surface area contributed by atoms with Gasteiger partial charge in [0.2, 0.25) is 5.91 Å². The minimum atomic E-state index is -0.659. The first-order valence-corrected chi connectivity index (χ1v) is 40.8. The van der Waals surface area contributed by atoms with Crippen LogP contribution in [-0.4, -0.2) is 47.4 Å². The first kappa shape index (κ1) is 85.9. The Hall–Kier alpha value is -1.14. The van der Waals surface area contributed by atoms with Crippen molar-refractivity contribution in [1.29, 1.82) is 0 Å². The number of hydrogen-bond acceptors (Lipinski definition) is 5. The van der Waals surface area contributed by atoms with E-state index >= 15 is 0 Å². The Morgan fingerprint density at radius 3 is 0.701 bits per heavy atom. The number of aliphatic hydroxyl groups is 2. The minimum Gasteiger partial charge on any atom is -0.466 e. The minimum absolute atomic E-state index is 0.0241. The van der Waals surface area contributed by atoms with E-state index in [9.17, 15) is 19.8 Å². The van der Waals surface area contributed by atoms with Gasteiger partial charge in [0.15, 0.2) is 0 Å². The van der Waals surface area contributed by atoms with Crippen molar-refractivity contribution in [2.24, 2.45) is 0 Å². The van der Waals surface area contributed by atoms with Crippen LogP contribution in [0.2, 0.25) is 0 Å². The average molecular weight is 1230 g/mol. The van der Waals surface area contributed by atoms with E-state index in [4.69, 9.17) is 4.74 Å². The molecule has 2 unspecified atom stereocenters. The molecule has 6 heteroatoms. The highest BCUT2D eigenvalue weighted by atomic mass is 16.5. The first-order valence-electron chi connectivity index (χ1n) is 40.8. The van der Waals surface area contributed by atoms with Crippen LogP contribution in [0.5, 0.6) is 0 Å². The lowest BCUT2D eigenvalue weighted by molar-refractivity contribution is -0.143. The Balaban J connectivity index is 3.28. The summed E-state index contributed by atoms with van der Waals surface area (Å²) < 4.78 is 5.51. The highest BCUT2D eigenvalue weighted by Crippen LogP contribution is 2.21. The predicted molar refractivity (Wildman–Crippen MR) is 384 cm³/mol. The molecule has 0 saturated carbocycles. The highest BCUT2D eigenvalue weighted by molar-refractivity contribution is 5.76. The van der Waals surface area contributed by atoms with Gasteiger partial charge in [0.25, 0.3) is 0 Å². The van der Waals surface area contributed by atoms with Gasteiger partial charge in [0.1, 0.15) is 0 Å². The fourth-order valence-electron chi connectivity index (χ4n) is 13.5. The third kappa shape index (κ3) is 73.8. The lowest BCUT2D eigenvalue weighted by Crippen LogP contribution is -2.45. The molecule has 0 aliphatic carbocycles. The number of amides is 1. The van der Waals surface area contributed by atoms with Gasteiger partial charge in [0, 0.05) is 12.8 Å². The molecule has 0 saturated heterocycles. The van der Waals surface area contributed by atoms with Gasteiger partial charge in [-0.2, -0.15) is 0 Å². The zero-order valence-corrected chi connectivity index (χ0v) is 59.8. The van der Waals surface area contributed by atoms with Crippen LogP contribution in [0.4, 0.5) is 0 Å². The molecule has 0 aromatic rings. The first-order chi connectivity index (χ1) is 43.0. The number of nitrogens with one attached hydrogen (secondary N) is 1. The molecule has 1 amide bonds. The maximum atomic E-state index is 12.5. The predicted octanol–water partition coefficient (Wildman–Crippen LogP) is 26.9. The zero-order valence-electron chi connectivity index (χ0n) is 59.8. The molecule has 0 fully saturated rings.